The third-order valence-electron chi connectivity index (χ3n) is 4.14. The minimum Gasteiger partial charge on any atom is -0.508 e. The molecule has 0 saturated carbocycles. The van der Waals surface area contributed by atoms with Gasteiger partial charge in [0.05, 0.1) is 12.2 Å². The number of phenols is 1. The van der Waals surface area contributed by atoms with E-state index < -0.39 is 0 Å². The van der Waals surface area contributed by atoms with Gasteiger partial charge < -0.3 is 15.7 Å². The second-order valence-corrected chi connectivity index (χ2v) is 7.76. The maximum absolute atomic E-state index is 12.1. The van der Waals surface area contributed by atoms with Crippen LogP contribution in [0.15, 0.2) is 54.6 Å². The molecule has 0 fully saturated rings. The van der Waals surface area contributed by atoms with Gasteiger partial charge in [0.25, 0.3) is 0 Å². The van der Waals surface area contributed by atoms with Gasteiger partial charge in [0.2, 0.25) is 0 Å². The summed E-state index contributed by atoms with van der Waals surface area (Å²) in [5.74, 6) is 0.241. The lowest BCUT2D eigenvalue weighted by Crippen LogP contribution is -2.41. The predicted octanol–water partition coefficient (Wildman–Crippen LogP) is 4.25. The van der Waals surface area contributed by atoms with Crippen molar-refractivity contribution in [2.24, 2.45) is 0 Å². The number of aryl methyl sites for hydroxylation is 1. The number of rotatable bonds is 6. The highest BCUT2D eigenvalue weighted by molar-refractivity contribution is 7.12. The van der Waals surface area contributed by atoms with E-state index in [-0.39, 0.29) is 17.8 Å². The minimum absolute atomic E-state index is 0.0209. The van der Waals surface area contributed by atoms with Crippen LogP contribution in [0.4, 0.5) is 4.79 Å². The summed E-state index contributed by atoms with van der Waals surface area (Å²) in [5.41, 5.74) is 3.12. The van der Waals surface area contributed by atoms with Crippen molar-refractivity contribution in [1.82, 2.24) is 15.6 Å². The molecule has 3 aromatic rings. The maximum atomic E-state index is 12.1. The fraction of sp³-hybridized carbons (Fsp3) is 0.238. The van der Waals surface area contributed by atoms with Crippen LogP contribution >= 0.6 is 11.3 Å². The molecular weight excluding hydrogens is 358 g/mol. The maximum Gasteiger partial charge on any atom is 0.315 e. The minimum atomic E-state index is -0.213. The molecule has 1 unspecified atom stereocenters. The number of benzene rings is 2. The lowest BCUT2D eigenvalue weighted by molar-refractivity contribution is 0.237. The van der Waals surface area contributed by atoms with Crippen LogP contribution in [0.5, 0.6) is 5.75 Å². The lowest BCUT2D eigenvalue weighted by Gasteiger charge is -2.14. The third-order valence-corrected chi connectivity index (χ3v) is 5.11. The molecule has 0 aliphatic rings. The molecule has 6 heteroatoms. The number of urea groups is 1. The zero-order valence-corrected chi connectivity index (χ0v) is 16.2. The second kappa shape index (κ2) is 8.68. The van der Waals surface area contributed by atoms with E-state index in [0.29, 0.717) is 13.0 Å². The van der Waals surface area contributed by atoms with E-state index in [2.05, 4.69) is 15.6 Å². The van der Waals surface area contributed by atoms with Crippen LogP contribution in [0.25, 0.3) is 11.3 Å². The molecule has 2 amide bonds. The molecule has 3 N–H and O–H groups in total. The van der Waals surface area contributed by atoms with Gasteiger partial charge in [-0.05, 0) is 38.0 Å². The zero-order chi connectivity index (χ0) is 19.2. The summed E-state index contributed by atoms with van der Waals surface area (Å²) in [6.07, 6.45) is 0.697. The smallest absolute Gasteiger partial charge is 0.315 e. The van der Waals surface area contributed by atoms with Crippen LogP contribution in [0.2, 0.25) is 0 Å². The van der Waals surface area contributed by atoms with Crippen molar-refractivity contribution in [2.75, 3.05) is 0 Å². The van der Waals surface area contributed by atoms with E-state index in [0.717, 1.165) is 26.7 Å². The highest BCUT2D eigenvalue weighted by Gasteiger charge is 2.12. The topological polar surface area (TPSA) is 74.2 Å². The van der Waals surface area contributed by atoms with Crippen molar-refractivity contribution < 1.29 is 9.90 Å². The van der Waals surface area contributed by atoms with E-state index in [1.807, 2.05) is 56.3 Å². The highest BCUT2D eigenvalue weighted by Crippen LogP contribution is 2.27. The first kappa shape index (κ1) is 18.9. The van der Waals surface area contributed by atoms with Gasteiger partial charge in [0.15, 0.2) is 0 Å². The molecule has 27 heavy (non-hydrogen) atoms. The van der Waals surface area contributed by atoms with E-state index in [4.69, 9.17) is 0 Å². The fourth-order valence-electron chi connectivity index (χ4n) is 2.86. The molecule has 0 aliphatic heterocycles. The molecule has 1 atom stereocenters. The number of amides is 2. The molecule has 1 aromatic heterocycles. The Morgan fingerprint density at radius 3 is 2.56 bits per heavy atom. The molecule has 2 aromatic carbocycles. The molecule has 0 spiro atoms. The van der Waals surface area contributed by atoms with Crippen molar-refractivity contribution in [3.05, 3.63) is 70.0 Å². The first-order chi connectivity index (χ1) is 13.0. The first-order valence-electron chi connectivity index (χ1n) is 8.85. The van der Waals surface area contributed by atoms with Crippen LogP contribution in [0, 0.1) is 6.92 Å². The molecule has 0 saturated heterocycles. The van der Waals surface area contributed by atoms with E-state index >= 15 is 0 Å². The quantitative estimate of drug-likeness (QED) is 0.597. The number of phenolic OH excluding ortho intramolecular Hbond substituents is 1. The number of aromatic hydroxyl groups is 1. The summed E-state index contributed by atoms with van der Waals surface area (Å²) in [4.78, 5) is 17.9. The molecule has 0 radical (unpaired) electrons. The second-order valence-electron chi connectivity index (χ2n) is 6.48. The van der Waals surface area contributed by atoms with E-state index in [9.17, 15) is 9.90 Å². The third kappa shape index (κ3) is 5.31. The molecule has 0 aliphatic carbocycles. The average molecular weight is 382 g/mol. The van der Waals surface area contributed by atoms with Gasteiger partial charge in [-0.3, -0.25) is 0 Å². The number of aromatic nitrogens is 1. The number of carbonyl (C=O) groups excluding carboxylic acids is 1. The lowest BCUT2D eigenvalue weighted by atomic mass is 10.1. The van der Waals surface area contributed by atoms with Crippen molar-refractivity contribution in [3.8, 4) is 17.0 Å². The number of hydrogen-bond acceptors (Lipinski definition) is 4. The Hall–Kier alpha value is -2.86. The van der Waals surface area contributed by atoms with E-state index in [1.54, 1.807) is 23.5 Å². The number of hydrogen-bond donors (Lipinski definition) is 3. The summed E-state index contributed by atoms with van der Waals surface area (Å²) < 4.78 is 0. The van der Waals surface area contributed by atoms with Gasteiger partial charge in [-0.2, -0.15) is 0 Å². The summed E-state index contributed by atoms with van der Waals surface area (Å²) in [5, 5.41) is 16.0. The van der Waals surface area contributed by atoms with Gasteiger partial charge in [-0.25, -0.2) is 9.78 Å². The van der Waals surface area contributed by atoms with Gasteiger partial charge >= 0.3 is 6.03 Å². The number of thiazole rings is 1. The monoisotopic (exact) mass is 381 g/mol. The fourth-order valence-corrected chi connectivity index (χ4v) is 3.75. The number of carbonyl (C=O) groups is 1. The Kier molecular flexibility index (Phi) is 6.08. The van der Waals surface area contributed by atoms with Crippen molar-refractivity contribution in [2.45, 2.75) is 32.9 Å². The Morgan fingerprint density at radius 2 is 1.85 bits per heavy atom. The Morgan fingerprint density at radius 1 is 1.15 bits per heavy atom. The zero-order valence-electron chi connectivity index (χ0n) is 15.4. The normalized spacial score (nSPS) is 11.8. The summed E-state index contributed by atoms with van der Waals surface area (Å²) >= 11 is 1.60. The van der Waals surface area contributed by atoms with Gasteiger partial charge in [0, 0.05) is 16.5 Å². The summed E-state index contributed by atoms with van der Waals surface area (Å²) in [6.45, 7) is 4.40. The molecule has 140 valence electrons. The Balaban J connectivity index is 1.51. The number of nitrogens with zero attached hydrogens (tertiary/aromatic N) is 1. The number of nitrogens with one attached hydrogen (secondary N) is 2. The van der Waals surface area contributed by atoms with Gasteiger partial charge in [-0.1, -0.05) is 42.5 Å². The van der Waals surface area contributed by atoms with Crippen molar-refractivity contribution in [3.63, 3.8) is 0 Å². The molecule has 1 heterocycles. The van der Waals surface area contributed by atoms with Crippen molar-refractivity contribution in [1.29, 1.82) is 0 Å². The largest absolute Gasteiger partial charge is 0.508 e. The van der Waals surface area contributed by atoms with Crippen LogP contribution in [0.1, 0.15) is 22.4 Å². The summed E-state index contributed by atoms with van der Waals surface area (Å²) in [6, 6.07) is 16.8. The van der Waals surface area contributed by atoms with Gasteiger partial charge in [-0.15, -0.1) is 11.3 Å². The molecule has 0 bridgehead atoms. The highest BCUT2D eigenvalue weighted by atomic mass is 32.1. The van der Waals surface area contributed by atoms with Crippen LogP contribution in [0.3, 0.4) is 0 Å². The van der Waals surface area contributed by atoms with Gasteiger partial charge in [0.1, 0.15) is 10.8 Å². The molecule has 3 rings (SSSR count). The van der Waals surface area contributed by atoms with Crippen molar-refractivity contribution >= 4 is 17.4 Å². The van der Waals surface area contributed by atoms with Crippen LogP contribution < -0.4 is 10.6 Å². The molecular formula is C21H23N3O2S. The molecule has 5 nitrogen and oxygen atoms in total. The first-order valence-corrected chi connectivity index (χ1v) is 9.67. The van der Waals surface area contributed by atoms with Crippen LogP contribution in [-0.2, 0) is 13.0 Å². The Labute approximate surface area is 163 Å². The average Bonchev–Trinajstić information content (AvgIpc) is 3.03. The predicted molar refractivity (Wildman–Crippen MR) is 109 cm³/mol. The SMILES string of the molecule is Cc1sc(CNC(=O)NC(C)Cc2ccc(O)cc2)nc1-c1ccccc1. The standard InChI is InChI=1S/C21H23N3O2S/c1-14(12-16-8-10-18(25)11-9-16)23-21(26)22-13-19-24-20(15(2)27-19)17-6-4-3-5-7-17/h3-11,14,25H,12-13H2,1-2H3,(H2,22,23,26). The Bertz CT molecular complexity index is 892. The van der Waals surface area contributed by atoms with E-state index in [1.165, 1.54) is 0 Å². The van der Waals surface area contributed by atoms with Crippen LogP contribution in [-0.4, -0.2) is 22.2 Å². The summed E-state index contributed by atoms with van der Waals surface area (Å²) in [7, 11) is 0.